The van der Waals surface area contributed by atoms with Crippen LogP contribution in [0.2, 0.25) is 1.41 Å². The summed E-state index contributed by atoms with van der Waals surface area (Å²) in [5, 5.41) is 11.0. The van der Waals surface area contributed by atoms with Crippen molar-refractivity contribution in [1.82, 2.24) is 14.8 Å². The summed E-state index contributed by atoms with van der Waals surface area (Å²) < 4.78 is 175. The zero-order valence-corrected chi connectivity index (χ0v) is 17.8. The average molecular weight is 438 g/mol. The summed E-state index contributed by atoms with van der Waals surface area (Å²) in [6, 6.07) is -4.96. The molecular weight excluding hydrogens is 389 g/mol. The zero-order valence-electron chi connectivity index (χ0n) is 35.8. The summed E-state index contributed by atoms with van der Waals surface area (Å²) in [5.41, 5.74) is -3.82. The molecule has 0 bridgehead atoms. The first-order valence-electron chi connectivity index (χ1n) is 18.0. The van der Waals surface area contributed by atoms with Crippen molar-refractivity contribution >= 4 is 27.5 Å². The first kappa shape index (κ1) is 7.18. The predicted molar refractivity (Wildman–Crippen MR) is 103 cm³/mol. The van der Waals surface area contributed by atoms with Crippen molar-refractivity contribution in [3.05, 3.63) is 27.3 Å². The minimum atomic E-state index is -3.95. The number of carbonyl (C=O) groups is 1. The van der Waals surface area contributed by atoms with Crippen molar-refractivity contribution in [2.45, 2.75) is 45.3 Å². The molecule has 1 saturated heterocycles. The van der Waals surface area contributed by atoms with Gasteiger partial charge in [0.15, 0.2) is 1.41 Å². The molecule has 8 heteroatoms. The van der Waals surface area contributed by atoms with Crippen LogP contribution in [0.15, 0.2) is 16.2 Å². The van der Waals surface area contributed by atoms with Crippen molar-refractivity contribution in [1.29, 1.82) is 0 Å². The quantitative estimate of drug-likeness (QED) is 0.608. The Kier molecular flexibility index (Phi) is 2.80. The van der Waals surface area contributed by atoms with Gasteiger partial charge in [-0.05, 0) is 63.8 Å². The molecule has 0 aliphatic carbocycles. The molecule has 142 valence electrons. The van der Waals surface area contributed by atoms with Crippen LogP contribution in [0.25, 0.3) is 10.2 Å². The largest absolute Gasteiger partial charge is 1.00 e. The third kappa shape index (κ3) is 5.23. The van der Waals surface area contributed by atoms with Crippen LogP contribution in [0.4, 0.5) is 0 Å². The molecule has 2 aromatic rings. The second kappa shape index (κ2) is 10.5. The second-order valence-corrected chi connectivity index (χ2v) is 5.50. The monoisotopic (exact) mass is 437 g/mol. The Labute approximate surface area is 237 Å². The smallest absolute Gasteiger partial charge is 0.871 e. The molecule has 0 saturated carbocycles. The van der Waals surface area contributed by atoms with E-state index < -0.39 is 121 Å². The van der Waals surface area contributed by atoms with Gasteiger partial charge in [-0.25, -0.2) is 0 Å². The number of piperidine rings is 1. The van der Waals surface area contributed by atoms with Crippen LogP contribution in [0, 0.1) is 0 Å². The molecule has 0 radical (unpaired) electrons. The number of nitrogens with one attached hydrogen (secondary N) is 1. The Bertz CT molecular complexity index is 1640. The molecule has 3 heterocycles. The standard InChI is InChI=1S/C19H27N3O3S.K/c1-13(2)22-18(25)15(16(23)14-7-12-26-19(14)22)17(24)20-8-6-11-21-9-4-3-5-10-21;/h7,12-13,23H,3-6,8-11H2,1-2H3,(H,20,24);/q;+1/p-1/i1D3,2D3,3D2,4D2,5D2,7D,8D,9D2,10D2,11D,12D,13D;/hD. The summed E-state index contributed by atoms with van der Waals surface area (Å²) in [7, 11) is 0. The number of amides is 1. The third-order valence-electron chi connectivity index (χ3n) is 3.13. The molecule has 1 aliphatic rings. The number of carbonyl (C=O) groups excluding carboxylic acids is 1. The van der Waals surface area contributed by atoms with E-state index in [9.17, 15) is 14.7 Å². The topological polar surface area (TPSA) is 77.4 Å². The molecule has 6 nitrogen and oxygen atoms in total. The molecule has 2 atom stereocenters. The van der Waals surface area contributed by atoms with Crippen LogP contribution in [-0.4, -0.2) is 41.4 Å². The minimum absolute atomic E-state index is 0. The molecule has 1 amide bonds. The Hall–Kier alpha value is -0.224. The van der Waals surface area contributed by atoms with Gasteiger partial charge < -0.3 is 15.3 Å². The fraction of sp³-hybridized carbons (Fsp3) is 0.579. The SMILES string of the molecule is [2H]c1sc2c(c1[2H])c([O-])c(C(=O)N([2H])C([2H])CC([2H])N1C([2H])([2H])C([2H])([2H])C([2H])([2H])C([2H])([2H])C1([2H])[2H])c(=O)n2C([2H])(C([2H])([2H])[2H])C([2H])([2H])[2H].[K+]. The van der Waals surface area contributed by atoms with Gasteiger partial charge in [0.1, 0.15) is 4.83 Å². The fourth-order valence-corrected chi connectivity index (χ4v) is 2.80. The molecule has 2 unspecified atom stereocenters. The molecule has 1 fully saturated rings. The van der Waals surface area contributed by atoms with E-state index in [1.54, 1.807) is 0 Å². The summed E-state index contributed by atoms with van der Waals surface area (Å²) in [4.78, 5) is 25.8. The summed E-state index contributed by atoms with van der Waals surface area (Å²) >= 11 is 0.0751. The maximum absolute atomic E-state index is 13.6. The Morgan fingerprint density at radius 1 is 1.56 bits per heavy atom. The van der Waals surface area contributed by atoms with Crippen LogP contribution in [0.3, 0.4) is 0 Å². The molecule has 3 rings (SSSR count). The maximum atomic E-state index is 13.6. The van der Waals surface area contributed by atoms with Gasteiger partial charge in [-0.3, -0.25) is 14.2 Å². The second-order valence-electron chi connectivity index (χ2n) is 4.71. The molecule has 2 aromatic heterocycles. The summed E-state index contributed by atoms with van der Waals surface area (Å²) in [6.45, 7) is -20.5. The predicted octanol–water partition coefficient (Wildman–Crippen LogP) is -0.673. The molecule has 0 spiro atoms. The van der Waals surface area contributed by atoms with Gasteiger partial charge in [-0.15, -0.1) is 11.3 Å². The van der Waals surface area contributed by atoms with E-state index in [2.05, 4.69) is 0 Å². The normalized spacial score (nSPS) is 40.0. The van der Waals surface area contributed by atoms with Gasteiger partial charge >= 0.3 is 51.4 Å². The van der Waals surface area contributed by atoms with Gasteiger partial charge in [0.25, 0.3) is 11.5 Å². The van der Waals surface area contributed by atoms with Crippen molar-refractivity contribution in [3.63, 3.8) is 0 Å². The van der Waals surface area contributed by atoms with Crippen LogP contribution < -0.4 is 67.4 Å². The van der Waals surface area contributed by atoms with Crippen LogP contribution in [0.5, 0.6) is 5.75 Å². The minimum Gasteiger partial charge on any atom is -0.871 e. The van der Waals surface area contributed by atoms with Gasteiger partial charge in [0.05, 0.1) is 9.68 Å². The molecule has 1 N–H and O–H groups in total. The molecule has 0 aromatic carbocycles. The number of likely N-dealkylation sites (tertiary alicyclic amines) is 1. The fourth-order valence-electron chi connectivity index (χ4n) is 2.04. The Balaban J connectivity index is 0.00000833. The number of hydrogen-bond acceptors (Lipinski definition) is 5. The maximum Gasteiger partial charge on any atom is 1.00 e. The number of aromatic nitrogens is 1. The van der Waals surface area contributed by atoms with Crippen LogP contribution in [-0.2, 0) is 0 Å². The van der Waals surface area contributed by atoms with Gasteiger partial charge in [0.2, 0.25) is 0 Å². The van der Waals surface area contributed by atoms with E-state index in [4.69, 9.17) is 30.2 Å². The van der Waals surface area contributed by atoms with E-state index in [1.807, 2.05) is 0 Å². The van der Waals surface area contributed by atoms with Crippen molar-refractivity contribution in [3.8, 4) is 5.75 Å². The first-order valence-corrected chi connectivity index (χ1v) is 7.76. The van der Waals surface area contributed by atoms with Crippen LogP contribution >= 0.6 is 11.3 Å². The molecule has 27 heavy (non-hydrogen) atoms. The van der Waals surface area contributed by atoms with E-state index in [0.717, 1.165) is 0 Å². The summed E-state index contributed by atoms with van der Waals surface area (Å²) in [6.07, 6.45) is -12.9. The average Bonchev–Trinajstić information content (AvgIpc) is 3.18. The van der Waals surface area contributed by atoms with Crippen LogP contribution in [0.1, 0.15) is 84.4 Å². The Morgan fingerprint density at radius 2 is 2.30 bits per heavy atom. The van der Waals surface area contributed by atoms with E-state index >= 15 is 0 Å². The number of fused-ring (bicyclic) bond motifs is 1. The molecular formula is C19H26KN3O3S. The third-order valence-corrected chi connectivity index (χ3v) is 3.91. The number of rotatable bonds is 6. The van der Waals surface area contributed by atoms with Gasteiger partial charge in [-0.1, -0.05) is 12.1 Å². The van der Waals surface area contributed by atoms with Crippen molar-refractivity contribution in [2.24, 2.45) is 0 Å². The van der Waals surface area contributed by atoms with E-state index in [0.29, 0.717) is 0 Å². The van der Waals surface area contributed by atoms with Crippen molar-refractivity contribution in [2.75, 3.05) is 26.0 Å². The van der Waals surface area contributed by atoms with Crippen molar-refractivity contribution < 1.29 is 91.5 Å². The van der Waals surface area contributed by atoms with Gasteiger partial charge in [-0.2, -0.15) is 0 Å². The Morgan fingerprint density at radius 3 is 3.00 bits per heavy atom. The number of nitrogens with zero attached hydrogens (tertiary/aromatic N) is 2. The zero-order chi connectivity index (χ0) is 37.9. The summed E-state index contributed by atoms with van der Waals surface area (Å²) in [5.74, 6) is -3.80. The number of pyridine rings is 1. The first-order chi connectivity index (χ1) is 21.1. The number of thiophene rings is 1. The number of hydrogen-bond donors (Lipinski definition) is 1. The van der Waals surface area contributed by atoms with E-state index in [1.165, 1.54) is 0 Å². The van der Waals surface area contributed by atoms with Gasteiger partial charge in [0, 0.05) is 42.6 Å². The van der Waals surface area contributed by atoms with E-state index in [-0.39, 0.29) is 72.2 Å². The molecule has 1 aliphatic heterocycles.